The monoisotopic (exact) mass is 276 g/mol. The van der Waals surface area contributed by atoms with E-state index in [-0.39, 0.29) is 12.3 Å². The Morgan fingerprint density at radius 3 is 2.76 bits per heavy atom. The van der Waals surface area contributed by atoms with Crippen LogP contribution in [0.25, 0.3) is 0 Å². The highest BCUT2D eigenvalue weighted by atomic mass is 35.5. The van der Waals surface area contributed by atoms with E-state index in [1.807, 2.05) is 19.1 Å². The number of hydrogen-bond donors (Lipinski definition) is 1. The summed E-state index contributed by atoms with van der Waals surface area (Å²) in [6.07, 6.45) is 1.30. The third-order valence-electron chi connectivity index (χ3n) is 2.22. The molecule has 0 saturated heterocycles. The topological polar surface area (TPSA) is 59.1 Å². The molecule has 6 heteroatoms. The first-order valence-corrected chi connectivity index (χ1v) is 7.68. The first-order valence-electron chi connectivity index (χ1n) is 5.49. The maximum Gasteiger partial charge on any atom is 0.211 e. The summed E-state index contributed by atoms with van der Waals surface area (Å²) < 4.78 is 25.7. The van der Waals surface area contributed by atoms with Crippen LogP contribution >= 0.6 is 11.6 Å². The van der Waals surface area contributed by atoms with E-state index in [1.165, 1.54) is 0 Å². The van der Waals surface area contributed by atoms with Gasteiger partial charge in [-0.05, 0) is 31.9 Å². The summed E-state index contributed by atoms with van der Waals surface area (Å²) in [5.74, 6) is 0.612. The van der Waals surface area contributed by atoms with E-state index in [2.05, 4.69) is 9.71 Å². The molecule has 0 aromatic carbocycles. The summed E-state index contributed by atoms with van der Waals surface area (Å²) in [5.41, 5.74) is 1.61. The molecule has 96 valence electrons. The first kappa shape index (κ1) is 14.4. The average molecular weight is 277 g/mol. The van der Waals surface area contributed by atoms with Gasteiger partial charge in [-0.3, -0.25) is 4.98 Å². The quantitative estimate of drug-likeness (QED) is 0.611. The Labute approximate surface area is 107 Å². The van der Waals surface area contributed by atoms with Gasteiger partial charge in [0, 0.05) is 11.6 Å². The highest BCUT2D eigenvalue weighted by Crippen LogP contribution is 2.00. The van der Waals surface area contributed by atoms with Gasteiger partial charge in [-0.1, -0.05) is 6.07 Å². The highest BCUT2D eigenvalue weighted by Gasteiger charge is 2.09. The van der Waals surface area contributed by atoms with E-state index in [0.717, 1.165) is 11.4 Å². The van der Waals surface area contributed by atoms with Gasteiger partial charge in [-0.15, -0.1) is 11.6 Å². The van der Waals surface area contributed by atoms with Crippen LogP contribution in [0.15, 0.2) is 18.2 Å². The van der Waals surface area contributed by atoms with E-state index in [1.54, 1.807) is 6.07 Å². The fraction of sp³-hybridized carbons (Fsp3) is 0.545. The van der Waals surface area contributed by atoms with Crippen molar-refractivity contribution in [1.82, 2.24) is 9.71 Å². The first-order chi connectivity index (χ1) is 8.03. The van der Waals surface area contributed by atoms with Gasteiger partial charge in [-0.2, -0.15) is 0 Å². The van der Waals surface area contributed by atoms with Gasteiger partial charge in [0.05, 0.1) is 18.0 Å². The fourth-order valence-electron chi connectivity index (χ4n) is 1.34. The smallest absolute Gasteiger partial charge is 0.211 e. The van der Waals surface area contributed by atoms with Crippen LogP contribution in [-0.2, 0) is 16.6 Å². The van der Waals surface area contributed by atoms with Crippen molar-refractivity contribution in [3.05, 3.63) is 29.6 Å². The van der Waals surface area contributed by atoms with E-state index < -0.39 is 10.0 Å². The zero-order chi connectivity index (χ0) is 12.7. The van der Waals surface area contributed by atoms with Crippen molar-refractivity contribution in [2.75, 3.05) is 11.6 Å². The van der Waals surface area contributed by atoms with Gasteiger partial charge >= 0.3 is 0 Å². The zero-order valence-corrected chi connectivity index (χ0v) is 11.4. The summed E-state index contributed by atoms with van der Waals surface area (Å²) in [6, 6.07) is 5.53. The fourth-order valence-corrected chi connectivity index (χ4v) is 2.63. The second-order valence-electron chi connectivity index (χ2n) is 3.81. The molecule has 0 radical (unpaired) electrons. The second kappa shape index (κ2) is 6.93. The van der Waals surface area contributed by atoms with Crippen molar-refractivity contribution in [3.8, 4) is 0 Å². The molecular weight excluding hydrogens is 260 g/mol. The number of pyridine rings is 1. The molecule has 0 bridgehead atoms. The van der Waals surface area contributed by atoms with Crippen molar-refractivity contribution in [2.24, 2.45) is 0 Å². The number of nitrogens with one attached hydrogen (secondary N) is 1. The van der Waals surface area contributed by atoms with E-state index in [9.17, 15) is 8.42 Å². The standard InChI is InChI=1S/C11H17ClN2O2S/c1-10-5-4-6-11(14-10)9-13-17(15,16)8-3-2-7-12/h4-6,13H,2-3,7-9H2,1H3. The predicted molar refractivity (Wildman–Crippen MR) is 69.6 cm³/mol. The SMILES string of the molecule is Cc1cccc(CNS(=O)(=O)CCCCCl)n1. The molecule has 0 aliphatic carbocycles. The van der Waals surface area contributed by atoms with Crippen molar-refractivity contribution >= 4 is 21.6 Å². The van der Waals surface area contributed by atoms with Crippen LogP contribution in [0.2, 0.25) is 0 Å². The Morgan fingerprint density at radius 1 is 1.35 bits per heavy atom. The van der Waals surface area contributed by atoms with E-state index >= 15 is 0 Å². The Balaban J connectivity index is 2.44. The lowest BCUT2D eigenvalue weighted by Crippen LogP contribution is -2.26. The Morgan fingerprint density at radius 2 is 2.12 bits per heavy atom. The second-order valence-corrected chi connectivity index (χ2v) is 6.11. The van der Waals surface area contributed by atoms with Gasteiger partial charge in [0.25, 0.3) is 0 Å². The minimum atomic E-state index is -3.21. The van der Waals surface area contributed by atoms with Crippen LogP contribution < -0.4 is 4.72 Å². The number of aryl methyl sites for hydroxylation is 1. The molecule has 4 nitrogen and oxygen atoms in total. The summed E-state index contributed by atoms with van der Waals surface area (Å²) in [7, 11) is -3.21. The Kier molecular flexibility index (Phi) is 5.88. The third-order valence-corrected chi connectivity index (χ3v) is 3.89. The normalized spacial score (nSPS) is 11.6. The third kappa shape index (κ3) is 6.00. The van der Waals surface area contributed by atoms with Crippen LogP contribution in [0, 0.1) is 6.92 Å². The van der Waals surface area contributed by atoms with Gasteiger partial charge in [0.15, 0.2) is 0 Å². The number of alkyl halides is 1. The largest absolute Gasteiger partial charge is 0.257 e. The molecule has 0 spiro atoms. The molecule has 0 fully saturated rings. The number of rotatable bonds is 7. The molecule has 1 N–H and O–H groups in total. The van der Waals surface area contributed by atoms with Gasteiger partial charge < -0.3 is 0 Å². The maximum absolute atomic E-state index is 11.6. The van der Waals surface area contributed by atoms with Crippen LogP contribution in [-0.4, -0.2) is 25.0 Å². The zero-order valence-electron chi connectivity index (χ0n) is 9.82. The minimum Gasteiger partial charge on any atom is -0.257 e. The Bertz CT molecular complexity index is 449. The summed E-state index contributed by atoms with van der Waals surface area (Å²) >= 11 is 5.50. The molecule has 0 atom stereocenters. The van der Waals surface area contributed by atoms with Crippen molar-refractivity contribution in [1.29, 1.82) is 0 Å². The molecule has 0 unspecified atom stereocenters. The number of aromatic nitrogens is 1. The Hall–Kier alpha value is -0.650. The lowest BCUT2D eigenvalue weighted by Gasteiger charge is -2.06. The van der Waals surface area contributed by atoms with E-state index in [4.69, 9.17) is 11.6 Å². The molecule has 17 heavy (non-hydrogen) atoms. The van der Waals surface area contributed by atoms with Gasteiger partial charge in [0.1, 0.15) is 0 Å². The van der Waals surface area contributed by atoms with Crippen molar-refractivity contribution in [2.45, 2.75) is 26.3 Å². The lowest BCUT2D eigenvalue weighted by atomic mass is 10.3. The van der Waals surface area contributed by atoms with Crippen LogP contribution in [0.3, 0.4) is 0 Å². The van der Waals surface area contributed by atoms with Gasteiger partial charge in [-0.25, -0.2) is 13.1 Å². The molecular formula is C11H17ClN2O2S. The maximum atomic E-state index is 11.6. The van der Waals surface area contributed by atoms with Crippen molar-refractivity contribution in [3.63, 3.8) is 0 Å². The predicted octanol–water partition coefficient (Wildman–Crippen LogP) is 1.83. The number of hydrogen-bond acceptors (Lipinski definition) is 3. The van der Waals surface area contributed by atoms with E-state index in [0.29, 0.717) is 18.7 Å². The molecule has 1 aromatic heterocycles. The molecule has 1 rings (SSSR count). The summed E-state index contributed by atoms with van der Waals surface area (Å²) in [5, 5.41) is 0. The van der Waals surface area contributed by atoms with Gasteiger partial charge in [0.2, 0.25) is 10.0 Å². The molecule has 0 aliphatic heterocycles. The lowest BCUT2D eigenvalue weighted by molar-refractivity contribution is 0.577. The molecule has 0 amide bonds. The van der Waals surface area contributed by atoms with Crippen molar-refractivity contribution < 1.29 is 8.42 Å². The number of nitrogens with zero attached hydrogens (tertiary/aromatic N) is 1. The highest BCUT2D eigenvalue weighted by molar-refractivity contribution is 7.89. The summed E-state index contributed by atoms with van der Waals surface area (Å²) in [6.45, 7) is 2.11. The molecule has 1 heterocycles. The summed E-state index contributed by atoms with van der Waals surface area (Å²) in [4.78, 5) is 4.22. The number of unbranched alkanes of at least 4 members (excludes halogenated alkanes) is 1. The molecule has 0 saturated carbocycles. The molecule has 1 aromatic rings. The molecule has 0 aliphatic rings. The average Bonchev–Trinajstić information content (AvgIpc) is 2.27. The van der Waals surface area contributed by atoms with Crippen LogP contribution in [0.1, 0.15) is 24.2 Å². The number of sulfonamides is 1. The number of halogens is 1. The minimum absolute atomic E-state index is 0.117. The van der Waals surface area contributed by atoms with Crippen LogP contribution in [0.4, 0.5) is 0 Å². The van der Waals surface area contributed by atoms with Crippen LogP contribution in [0.5, 0.6) is 0 Å².